The molecule has 9 nitrogen and oxygen atoms in total. The summed E-state index contributed by atoms with van der Waals surface area (Å²) in [5.41, 5.74) is 3.82. The molecule has 202 valence electrons. The Labute approximate surface area is 224 Å². The Morgan fingerprint density at radius 3 is 2.26 bits per heavy atom. The minimum Gasteiger partial charge on any atom is -0.453 e. The topological polar surface area (TPSA) is 130 Å². The number of carbonyl (C=O) groups excluding carboxylic acids is 2. The van der Waals surface area contributed by atoms with Crippen LogP contribution in [0.15, 0.2) is 79.0 Å². The molecule has 2 aromatic carbocycles. The Morgan fingerprint density at radius 1 is 0.974 bits per heavy atom. The molecule has 38 heavy (non-hydrogen) atoms. The van der Waals surface area contributed by atoms with E-state index in [4.69, 9.17) is 5.84 Å². The quantitative estimate of drug-likeness (QED) is 0.214. The van der Waals surface area contributed by atoms with Gasteiger partial charge in [-0.05, 0) is 35.6 Å². The highest BCUT2D eigenvalue weighted by atomic mass is 16.5. The van der Waals surface area contributed by atoms with Gasteiger partial charge in [0, 0.05) is 24.8 Å². The highest BCUT2D eigenvalue weighted by Gasteiger charge is 2.30. The molecule has 1 aromatic heterocycles. The number of methoxy groups -OCH3 is 1. The van der Waals surface area contributed by atoms with E-state index >= 15 is 0 Å². The van der Waals surface area contributed by atoms with Gasteiger partial charge in [0.05, 0.1) is 24.9 Å². The molecule has 3 atom stereocenters. The highest BCUT2D eigenvalue weighted by Crippen LogP contribution is 2.17. The summed E-state index contributed by atoms with van der Waals surface area (Å²) in [5.74, 6) is 5.69. The van der Waals surface area contributed by atoms with Crippen LogP contribution in [0.25, 0.3) is 11.3 Å². The molecule has 3 rings (SSSR count). The third-order valence-electron chi connectivity index (χ3n) is 6.22. The van der Waals surface area contributed by atoms with E-state index in [1.807, 2.05) is 86.6 Å². The summed E-state index contributed by atoms with van der Waals surface area (Å²) >= 11 is 0. The number of hydrogen-bond acceptors (Lipinski definition) is 7. The predicted octanol–water partition coefficient (Wildman–Crippen LogP) is 2.89. The van der Waals surface area contributed by atoms with Crippen LogP contribution in [0.4, 0.5) is 4.79 Å². The molecule has 0 aliphatic carbocycles. The summed E-state index contributed by atoms with van der Waals surface area (Å²) in [6.07, 6.45) is 0.485. The second kappa shape index (κ2) is 14.2. The van der Waals surface area contributed by atoms with Gasteiger partial charge in [-0.25, -0.2) is 9.80 Å². The van der Waals surface area contributed by atoms with Gasteiger partial charge in [-0.1, -0.05) is 74.5 Å². The fourth-order valence-electron chi connectivity index (χ4n) is 4.13. The number of rotatable bonds is 12. The fourth-order valence-corrected chi connectivity index (χ4v) is 4.13. The summed E-state index contributed by atoms with van der Waals surface area (Å²) in [6, 6.07) is 21.8. The van der Waals surface area contributed by atoms with Gasteiger partial charge in [0.2, 0.25) is 5.91 Å². The second-order valence-electron chi connectivity index (χ2n) is 9.57. The van der Waals surface area contributed by atoms with E-state index in [-0.39, 0.29) is 12.5 Å². The van der Waals surface area contributed by atoms with Crippen LogP contribution in [0.1, 0.15) is 25.0 Å². The molecule has 0 spiro atoms. The van der Waals surface area contributed by atoms with Crippen LogP contribution in [0.5, 0.6) is 0 Å². The molecule has 0 radical (unpaired) electrons. The minimum absolute atomic E-state index is 0.122. The van der Waals surface area contributed by atoms with Gasteiger partial charge in [0.25, 0.3) is 0 Å². The summed E-state index contributed by atoms with van der Waals surface area (Å²) in [5, 5.41) is 18.2. The maximum absolute atomic E-state index is 13.1. The Kier molecular flexibility index (Phi) is 10.8. The number of alkyl carbamates (subject to hydrolysis) is 1. The van der Waals surface area contributed by atoms with Crippen molar-refractivity contribution < 1.29 is 19.4 Å². The summed E-state index contributed by atoms with van der Waals surface area (Å²) < 4.78 is 4.66. The molecule has 9 heteroatoms. The van der Waals surface area contributed by atoms with Crippen LogP contribution in [-0.2, 0) is 22.5 Å². The zero-order chi connectivity index (χ0) is 27.5. The molecule has 0 aliphatic rings. The summed E-state index contributed by atoms with van der Waals surface area (Å²) in [7, 11) is 1.24. The smallest absolute Gasteiger partial charge is 0.407 e. The third-order valence-corrected chi connectivity index (χ3v) is 6.22. The standard InChI is InChI=1S/C29H37N5O4/c1-20(2)27(33-29(37)38-3)28(36)32-25(17-21-9-5-4-6-10-21)26(35)19-34(30)18-22-12-14-23(15-13-22)24-11-7-8-16-31-24/h4-16,20,25-27,35H,17-19,30H2,1-3H3,(H,32,36)(H,33,37)/t25?,26?,27-/m0/s1. The number of hydrazine groups is 1. The van der Waals surface area contributed by atoms with Crippen molar-refractivity contribution in [2.75, 3.05) is 13.7 Å². The van der Waals surface area contributed by atoms with Crippen molar-refractivity contribution in [1.29, 1.82) is 0 Å². The van der Waals surface area contributed by atoms with E-state index < -0.39 is 30.2 Å². The van der Waals surface area contributed by atoms with Gasteiger partial charge >= 0.3 is 6.09 Å². The fraction of sp³-hybridized carbons (Fsp3) is 0.345. The van der Waals surface area contributed by atoms with Crippen molar-refractivity contribution in [3.05, 3.63) is 90.1 Å². The van der Waals surface area contributed by atoms with Crippen LogP contribution in [0.3, 0.4) is 0 Å². The van der Waals surface area contributed by atoms with E-state index in [1.54, 1.807) is 6.20 Å². The number of hydrogen-bond donors (Lipinski definition) is 4. The zero-order valence-corrected chi connectivity index (χ0v) is 22.1. The van der Waals surface area contributed by atoms with Crippen molar-refractivity contribution in [2.45, 2.75) is 45.0 Å². The number of nitrogens with one attached hydrogen (secondary N) is 2. The average molecular weight is 520 g/mol. The van der Waals surface area contributed by atoms with Gasteiger partial charge in [0.15, 0.2) is 0 Å². The zero-order valence-electron chi connectivity index (χ0n) is 22.1. The minimum atomic E-state index is -0.970. The molecule has 0 saturated carbocycles. The van der Waals surface area contributed by atoms with Crippen LogP contribution in [0, 0.1) is 5.92 Å². The predicted molar refractivity (Wildman–Crippen MR) is 147 cm³/mol. The lowest BCUT2D eigenvalue weighted by Gasteiger charge is -2.30. The molecule has 0 bridgehead atoms. The monoisotopic (exact) mass is 519 g/mol. The number of aliphatic hydroxyl groups excluding tert-OH is 1. The molecular weight excluding hydrogens is 482 g/mol. The maximum atomic E-state index is 13.1. The Balaban J connectivity index is 1.67. The number of pyridine rings is 1. The van der Waals surface area contributed by atoms with Gasteiger partial charge in [-0.2, -0.15) is 0 Å². The Hall–Kier alpha value is -3.79. The molecule has 0 aliphatic heterocycles. The summed E-state index contributed by atoms with van der Waals surface area (Å²) in [6.45, 7) is 4.17. The molecule has 0 fully saturated rings. The van der Waals surface area contributed by atoms with Crippen molar-refractivity contribution in [3.63, 3.8) is 0 Å². The van der Waals surface area contributed by atoms with Crippen LogP contribution >= 0.6 is 0 Å². The number of carbonyl (C=O) groups is 2. The van der Waals surface area contributed by atoms with Crippen LogP contribution in [0.2, 0.25) is 0 Å². The maximum Gasteiger partial charge on any atom is 0.407 e. The first-order valence-electron chi connectivity index (χ1n) is 12.6. The number of amides is 2. The van der Waals surface area contributed by atoms with Crippen LogP contribution < -0.4 is 16.5 Å². The van der Waals surface area contributed by atoms with Crippen molar-refractivity contribution in [1.82, 2.24) is 20.6 Å². The highest BCUT2D eigenvalue weighted by molar-refractivity contribution is 5.86. The van der Waals surface area contributed by atoms with E-state index in [0.29, 0.717) is 13.0 Å². The molecule has 0 saturated heterocycles. The van der Waals surface area contributed by atoms with E-state index in [9.17, 15) is 14.7 Å². The third kappa shape index (κ3) is 8.65. The van der Waals surface area contributed by atoms with Crippen molar-refractivity contribution in [2.24, 2.45) is 11.8 Å². The van der Waals surface area contributed by atoms with Crippen molar-refractivity contribution in [3.8, 4) is 11.3 Å². The lowest BCUT2D eigenvalue weighted by atomic mass is 9.98. The van der Waals surface area contributed by atoms with Gasteiger partial charge in [-0.3, -0.25) is 15.6 Å². The number of aromatic nitrogens is 1. The molecule has 5 N–H and O–H groups in total. The molecule has 2 unspecified atom stereocenters. The van der Waals surface area contributed by atoms with Gasteiger partial charge < -0.3 is 20.5 Å². The first-order chi connectivity index (χ1) is 18.3. The number of ether oxygens (including phenoxy) is 1. The van der Waals surface area contributed by atoms with E-state index in [2.05, 4.69) is 20.4 Å². The SMILES string of the molecule is COC(=O)N[C@H](C(=O)NC(Cc1ccccc1)C(O)CN(N)Cc1ccc(-c2ccccn2)cc1)C(C)C. The average Bonchev–Trinajstić information content (AvgIpc) is 2.92. The number of nitrogens with two attached hydrogens (primary N) is 1. The Morgan fingerprint density at radius 2 is 1.66 bits per heavy atom. The molecule has 2 amide bonds. The normalized spacial score (nSPS) is 13.6. The lowest BCUT2D eigenvalue weighted by Crippen LogP contribution is -2.56. The lowest BCUT2D eigenvalue weighted by molar-refractivity contribution is -0.125. The molecule has 3 aromatic rings. The largest absolute Gasteiger partial charge is 0.453 e. The van der Waals surface area contributed by atoms with Crippen molar-refractivity contribution >= 4 is 12.0 Å². The second-order valence-corrected chi connectivity index (χ2v) is 9.57. The van der Waals surface area contributed by atoms with E-state index in [1.165, 1.54) is 12.1 Å². The molecular formula is C29H37N5O4. The number of benzene rings is 2. The molecule has 1 heterocycles. The van der Waals surface area contributed by atoms with Gasteiger partial charge in [0.1, 0.15) is 6.04 Å². The van der Waals surface area contributed by atoms with E-state index in [0.717, 1.165) is 22.4 Å². The van der Waals surface area contributed by atoms with Gasteiger partial charge in [-0.15, -0.1) is 0 Å². The first kappa shape index (κ1) is 28.8. The number of nitrogens with zero attached hydrogens (tertiary/aromatic N) is 2. The number of aliphatic hydroxyl groups is 1. The summed E-state index contributed by atoms with van der Waals surface area (Å²) in [4.78, 5) is 29.3. The van der Waals surface area contributed by atoms with Crippen LogP contribution in [-0.4, -0.2) is 58.9 Å². The Bertz CT molecular complexity index is 1140. The first-order valence-corrected chi connectivity index (χ1v) is 12.6.